The van der Waals surface area contributed by atoms with Gasteiger partial charge in [-0.2, -0.15) is 0 Å². The first kappa shape index (κ1) is 9.47. The van der Waals surface area contributed by atoms with Crippen LogP contribution in [0.5, 0.6) is 0 Å². The van der Waals surface area contributed by atoms with E-state index >= 15 is 0 Å². The van der Waals surface area contributed by atoms with Gasteiger partial charge < -0.3 is 9.64 Å². The van der Waals surface area contributed by atoms with E-state index in [0.717, 1.165) is 25.1 Å². The Morgan fingerprint density at radius 3 is 2.77 bits per heavy atom. The van der Waals surface area contributed by atoms with Crippen molar-refractivity contribution < 1.29 is 4.74 Å². The van der Waals surface area contributed by atoms with Crippen LogP contribution in [0, 0.1) is 5.92 Å². The molecule has 0 amide bonds. The van der Waals surface area contributed by atoms with Crippen LogP contribution in [0.2, 0.25) is 0 Å². The number of hydrogen-bond donors (Lipinski definition) is 0. The molecule has 1 heterocycles. The summed E-state index contributed by atoms with van der Waals surface area (Å²) in [5, 5.41) is 0. The van der Waals surface area contributed by atoms with Crippen molar-refractivity contribution in [3.05, 3.63) is 0 Å². The number of likely N-dealkylation sites (N-methyl/N-ethyl adjacent to an activating group) is 1. The van der Waals surface area contributed by atoms with Crippen molar-refractivity contribution in [1.82, 2.24) is 4.90 Å². The molecule has 2 fully saturated rings. The summed E-state index contributed by atoms with van der Waals surface area (Å²) in [5.74, 6) is 0.932. The zero-order valence-corrected chi connectivity index (χ0v) is 8.83. The Morgan fingerprint density at radius 1 is 1.38 bits per heavy atom. The topological polar surface area (TPSA) is 15.8 Å². The zero-order chi connectivity index (χ0) is 9.26. The van der Waals surface area contributed by atoms with Gasteiger partial charge in [0.15, 0.2) is 0 Å². The summed E-state index contributed by atoms with van der Waals surface area (Å²) in [6, 6.07) is 0.827. The zero-order valence-electron chi connectivity index (χ0n) is 8.83. The third-order valence-corrected chi connectivity index (χ3v) is 3.43. The van der Waals surface area contributed by atoms with Crippen molar-refractivity contribution in [2.24, 2.45) is 5.92 Å². The molecule has 0 N–H and O–H groups in total. The lowest BCUT2D eigenvalue weighted by atomic mass is 9.86. The highest BCUT2D eigenvalue weighted by Crippen LogP contribution is 2.27. The third kappa shape index (κ3) is 2.68. The van der Waals surface area contributed by atoms with E-state index in [1.54, 1.807) is 0 Å². The van der Waals surface area contributed by atoms with Crippen LogP contribution >= 0.6 is 0 Å². The predicted molar refractivity (Wildman–Crippen MR) is 53.8 cm³/mol. The van der Waals surface area contributed by atoms with E-state index in [1.807, 2.05) is 0 Å². The molecule has 0 aromatic heterocycles. The summed E-state index contributed by atoms with van der Waals surface area (Å²) in [4.78, 5) is 2.51. The second kappa shape index (κ2) is 3.97. The lowest BCUT2D eigenvalue weighted by Gasteiger charge is -2.33. The average molecular weight is 183 g/mol. The van der Waals surface area contributed by atoms with Gasteiger partial charge in [0.1, 0.15) is 0 Å². The van der Waals surface area contributed by atoms with Crippen LogP contribution in [0.4, 0.5) is 0 Å². The lowest BCUT2D eigenvalue weighted by molar-refractivity contribution is 0.153. The second-order valence-corrected chi connectivity index (χ2v) is 4.82. The molecule has 2 rings (SSSR count). The molecule has 2 nitrogen and oxygen atoms in total. The number of hydrogen-bond acceptors (Lipinski definition) is 2. The molecular weight excluding hydrogens is 162 g/mol. The van der Waals surface area contributed by atoms with Crippen molar-refractivity contribution in [3.63, 3.8) is 0 Å². The van der Waals surface area contributed by atoms with Crippen LogP contribution in [0.15, 0.2) is 0 Å². The molecule has 13 heavy (non-hydrogen) atoms. The van der Waals surface area contributed by atoms with E-state index in [-0.39, 0.29) is 0 Å². The SMILES string of the molecule is CC1CCCC(N(C)CC2CO2)C1. The van der Waals surface area contributed by atoms with Gasteiger partial charge in [0.2, 0.25) is 0 Å². The Labute approximate surface area is 81.3 Å². The Kier molecular flexibility index (Phi) is 2.89. The summed E-state index contributed by atoms with van der Waals surface area (Å²) < 4.78 is 5.26. The van der Waals surface area contributed by atoms with Crippen molar-refractivity contribution in [2.75, 3.05) is 20.2 Å². The number of ether oxygens (including phenoxy) is 1. The highest BCUT2D eigenvalue weighted by atomic mass is 16.6. The van der Waals surface area contributed by atoms with Crippen LogP contribution in [-0.2, 0) is 4.74 Å². The molecule has 1 saturated heterocycles. The van der Waals surface area contributed by atoms with Gasteiger partial charge >= 0.3 is 0 Å². The van der Waals surface area contributed by atoms with E-state index < -0.39 is 0 Å². The Bertz CT molecular complexity index is 167. The molecule has 3 atom stereocenters. The third-order valence-electron chi connectivity index (χ3n) is 3.43. The minimum absolute atomic E-state index is 0.558. The van der Waals surface area contributed by atoms with Gasteiger partial charge in [-0.05, 0) is 25.8 Å². The van der Waals surface area contributed by atoms with Crippen LogP contribution in [0.25, 0.3) is 0 Å². The van der Waals surface area contributed by atoms with E-state index in [1.165, 1.54) is 25.7 Å². The fourth-order valence-corrected chi connectivity index (χ4v) is 2.45. The van der Waals surface area contributed by atoms with Gasteiger partial charge in [-0.3, -0.25) is 0 Å². The lowest BCUT2D eigenvalue weighted by Crippen LogP contribution is -2.37. The fourth-order valence-electron chi connectivity index (χ4n) is 2.45. The van der Waals surface area contributed by atoms with Crippen molar-refractivity contribution >= 4 is 0 Å². The minimum Gasteiger partial charge on any atom is -0.372 e. The Balaban J connectivity index is 1.76. The molecule has 3 unspecified atom stereocenters. The largest absolute Gasteiger partial charge is 0.372 e. The maximum Gasteiger partial charge on any atom is 0.0936 e. The van der Waals surface area contributed by atoms with Crippen molar-refractivity contribution in [2.45, 2.75) is 44.8 Å². The highest BCUT2D eigenvalue weighted by molar-refractivity contribution is 4.81. The Morgan fingerprint density at radius 2 is 2.15 bits per heavy atom. The first-order valence-corrected chi connectivity index (χ1v) is 5.57. The summed E-state index contributed by atoms with van der Waals surface area (Å²) in [6.45, 7) is 4.53. The molecule has 1 aliphatic carbocycles. The standard InChI is InChI=1S/C11H21NO/c1-9-4-3-5-10(6-9)12(2)7-11-8-13-11/h9-11H,3-8H2,1-2H3. The normalized spacial score (nSPS) is 39.5. The van der Waals surface area contributed by atoms with Crippen LogP contribution in [-0.4, -0.2) is 37.2 Å². The molecule has 1 aliphatic heterocycles. The van der Waals surface area contributed by atoms with E-state index in [2.05, 4.69) is 18.9 Å². The maximum atomic E-state index is 5.26. The van der Waals surface area contributed by atoms with Crippen LogP contribution < -0.4 is 0 Å². The van der Waals surface area contributed by atoms with Gasteiger partial charge in [-0.25, -0.2) is 0 Å². The maximum absolute atomic E-state index is 5.26. The van der Waals surface area contributed by atoms with Crippen LogP contribution in [0.1, 0.15) is 32.6 Å². The number of nitrogens with zero attached hydrogens (tertiary/aromatic N) is 1. The summed E-state index contributed by atoms with van der Waals surface area (Å²) in [7, 11) is 2.25. The molecule has 0 spiro atoms. The number of rotatable bonds is 3. The first-order chi connectivity index (χ1) is 6.25. The van der Waals surface area contributed by atoms with Gasteiger partial charge in [-0.1, -0.05) is 19.8 Å². The first-order valence-electron chi connectivity index (χ1n) is 5.57. The van der Waals surface area contributed by atoms with Gasteiger partial charge in [0.25, 0.3) is 0 Å². The van der Waals surface area contributed by atoms with Gasteiger partial charge in [0, 0.05) is 12.6 Å². The van der Waals surface area contributed by atoms with Crippen molar-refractivity contribution in [1.29, 1.82) is 0 Å². The molecule has 0 radical (unpaired) electrons. The molecular formula is C11H21NO. The summed E-state index contributed by atoms with van der Waals surface area (Å²) >= 11 is 0. The monoisotopic (exact) mass is 183 g/mol. The molecule has 2 aliphatic rings. The fraction of sp³-hybridized carbons (Fsp3) is 1.00. The number of epoxide rings is 1. The summed E-state index contributed by atoms with van der Waals surface area (Å²) in [6.07, 6.45) is 6.20. The van der Waals surface area contributed by atoms with E-state index in [4.69, 9.17) is 4.74 Å². The quantitative estimate of drug-likeness (QED) is 0.621. The smallest absolute Gasteiger partial charge is 0.0936 e. The van der Waals surface area contributed by atoms with Gasteiger partial charge in [-0.15, -0.1) is 0 Å². The molecule has 0 bridgehead atoms. The minimum atomic E-state index is 0.558. The van der Waals surface area contributed by atoms with Crippen molar-refractivity contribution in [3.8, 4) is 0 Å². The van der Waals surface area contributed by atoms with E-state index in [9.17, 15) is 0 Å². The second-order valence-electron chi connectivity index (χ2n) is 4.82. The van der Waals surface area contributed by atoms with E-state index in [0.29, 0.717) is 6.10 Å². The highest BCUT2D eigenvalue weighted by Gasteiger charge is 2.28. The summed E-state index contributed by atoms with van der Waals surface area (Å²) in [5.41, 5.74) is 0. The Hall–Kier alpha value is -0.0800. The van der Waals surface area contributed by atoms with Gasteiger partial charge in [0.05, 0.1) is 12.7 Å². The molecule has 0 aromatic rings. The molecule has 76 valence electrons. The van der Waals surface area contributed by atoms with Crippen LogP contribution in [0.3, 0.4) is 0 Å². The molecule has 0 aromatic carbocycles. The molecule has 2 heteroatoms. The average Bonchev–Trinajstić information content (AvgIpc) is 2.88. The predicted octanol–water partition coefficient (Wildman–Crippen LogP) is 1.90. The molecule has 1 saturated carbocycles.